The van der Waals surface area contributed by atoms with E-state index in [4.69, 9.17) is 16.9 Å². The maximum Gasteiger partial charge on any atom is 0.271 e. The lowest BCUT2D eigenvalue weighted by Gasteiger charge is -2.18. The molecule has 1 saturated carbocycles. The standard InChI is InChI=1S/C18H27N7O2S/c1-18(2,3)11(19)7-13(28)25-17-14(16(21)27)22-8-12(24-17)23-10(15(20)26)6-9-4-5-9/h7-10,19,28H,4-6H2,1-3H3,(H2,20,26)(H2,21,27)(H2,23,24,25)/b13-7-,19-11?/t10-/m1/s1. The van der Waals surface area contributed by atoms with Crippen LogP contribution in [0.3, 0.4) is 0 Å². The number of carbonyl (C=O) groups excluding carboxylic acids is 2. The number of hydrogen-bond acceptors (Lipinski definition) is 8. The molecule has 0 saturated heterocycles. The van der Waals surface area contributed by atoms with Gasteiger partial charge >= 0.3 is 0 Å². The number of rotatable bonds is 9. The number of carbonyl (C=O) groups is 2. The lowest BCUT2D eigenvalue weighted by molar-refractivity contribution is -0.118. The van der Waals surface area contributed by atoms with Gasteiger partial charge in [0.1, 0.15) is 11.9 Å². The first-order valence-corrected chi connectivity index (χ1v) is 9.41. The molecule has 28 heavy (non-hydrogen) atoms. The number of amides is 2. The molecule has 1 aliphatic rings. The predicted molar refractivity (Wildman–Crippen MR) is 112 cm³/mol. The van der Waals surface area contributed by atoms with E-state index in [9.17, 15) is 9.59 Å². The summed E-state index contributed by atoms with van der Waals surface area (Å²) in [7, 11) is 0. The van der Waals surface area contributed by atoms with Gasteiger partial charge in [-0.15, -0.1) is 12.6 Å². The first kappa shape index (κ1) is 21.7. The van der Waals surface area contributed by atoms with Crippen LogP contribution in [-0.2, 0) is 4.79 Å². The first-order chi connectivity index (χ1) is 13.0. The summed E-state index contributed by atoms with van der Waals surface area (Å²) in [6.07, 6.45) is 5.64. The monoisotopic (exact) mass is 405 g/mol. The Balaban J connectivity index is 2.24. The van der Waals surface area contributed by atoms with Crippen molar-refractivity contribution in [3.63, 3.8) is 0 Å². The molecule has 0 radical (unpaired) electrons. The molecule has 2 rings (SSSR count). The Kier molecular flexibility index (Phi) is 6.65. The second kappa shape index (κ2) is 8.59. The molecule has 1 heterocycles. The summed E-state index contributed by atoms with van der Waals surface area (Å²) in [5.74, 6) is -0.400. The van der Waals surface area contributed by atoms with Crippen molar-refractivity contribution < 1.29 is 9.59 Å². The van der Waals surface area contributed by atoms with Gasteiger partial charge in [-0.3, -0.25) is 9.59 Å². The van der Waals surface area contributed by atoms with E-state index in [0.29, 0.717) is 23.1 Å². The molecule has 10 heteroatoms. The van der Waals surface area contributed by atoms with Crippen molar-refractivity contribution in [1.82, 2.24) is 9.97 Å². The summed E-state index contributed by atoms with van der Waals surface area (Å²) in [4.78, 5) is 31.7. The Bertz CT molecular complexity index is 813. The zero-order valence-electron chi connectivity index (χ0n) is 16.2. The number of allylic oxidation sites excluding steroid dienone is 1. The van der Waals surface area contributed by atoms with Gasteiger partial charge in [-0.05, 0) is 18.4 Å². The topological polar surface area (TPSA) is 160 Å². The Morgan fingerprint density at radius 2 is 2.04 bits per heavy atom. The van der Waals surface area contributed by atoms with Gasteiger partial charge in [0.15, 0.2) is 11.5 Å². The van der Waals surface area contributed by atoms with E-state index in [1.165, 1.54) is 12.3 Å². The summed E-state index contributed by atoms with van der Waals surface area (Å²) >= 11 is 4.31. The molecular formula is C18H27N7O2S. The molecule has 0 aromatic carbocycles. The van der Waals surface area contributed by atoms with Crippen LogP contribution in [0.2, 0.25) is 0 Å². The minimum Gasteiger partial charge on any atom is -0.368 e. The number of aromatic nitrogens is 2. The SMILES string of the molecule is CC(C)(C)C(=N)/C=C(\S)Nc1nc(N[C@H](CC2CC2)C(N)=O)cnc1C(N)=O. The first-order valence-electron chi connectivity index (χ1n) is 8.96. The molecule has 1 fully saturated rings. The molecular weight excluding hydrogens is 378 g/mol. The number of primary amides is 2. The van der Waals surface area contributed by atoms with Crippen LogP contribution >= 0.6 is 12.6 Å². The van der Waals surface area contributed by atoms with Crippen LogP contribution < -0.4 is 22.1 Å². The third-order valence-electron chi connectivity index (χ3n) is 4.27. The van der Waals surface area contributed by atoms with Crippen molar-refractivity contribution in [2.24, 2.45) is 22.8 Å². The summed E-state index contributed by atoms with van der Waals surface area (Å²) < 4.78 is 0. The third kappa shape index (κ3) is 6.22. The molecule has 9 nitrogen and oxygen atoms in total. The van der Waals surface area contributed by atoms with E-state index < -0.39 is 17.9 Å². The van der Waals surface area contributed by atoms with Gasteiger partial charge in [0.2, 0.25) is 5.91 Å². The minimum atomic E-state index is -0.766. The van der Waals surface area contributed by atoms with Crippen LogP contribution in [0.5, 0.6) is 0 Å². The molecule has 152 valence electrons. The molecule has 7 N–H and O–H groups in total. The molecule has 1 aromatic rings. The molecule has 1 aromatic heterocycles. The number of hydrogen-bond donors (Lipinski definition) is 6. The van der Waals surface area contributed by atoms with Gasteiger partial charge in [0.25, 0.3) is 5.91 Å². The van der Waals surface area contributed by atoms with Gasteiger partial charge in [-0.25, -0.2) is 9.97 Å². The molecule has 0 unspecified atom stereocenters. The number of nitrogens with zero attached hydrogens (tertiary/aromatic N) is 2. The summed E-state index contributed by atoms with van der Waals surface area (Å²) in [5.41, 5.74) is 10.7. The highest BCUT2D eigenvalue weighted by Gasteiger charge is 2.28. The quantitative estimate of drug-likeness (QED) is 0.272. The highest BCUT2D eigenvalue weighted by Crippen LogP contribution is 2.34. The number of anilines is 2. The van der Waals surface area contributed by atoms with Crippen molar-refractivity contribution in [2.45, 2.75) is 46.1 Å². The Morgan fingerprint density at radius 3 is 2.54 bits per heavy atom. The zero-order chi connectivity index (χ0) is 21.1. The molecule has 1 aliphatic carbocycles. The highest BCUT2D eigenvalue weighted by molar-refractivity contribution is 7.84. The van der Waals surface area contributed by atoms with Crippen molar-refractivity contribution in [1.29, 1.82) is 5.41 Å². The van der Waals surface area contributed by atoms with Crippen LogP contribution in [0, 0.1) is 16.7 Å². The average Bonchev–Trinajstić information content (AvgIpc) is 3.37. The van der Waals surface area contributed by atoms with Crippen LogP contribution in [-0.4, -0.2) is 33.5 Å². The van der Waals surface area contributed by atoms with E-state index in [0.717, 1.165) is 12.8 Å². The maximum atomic E-state index is 11.7. The lowest BCUT2D eigenvalue weighted by Crippen LogP contribution is -2.36. The van der Waals surface area contributed by atoms with E-state index in [-0.39, 0.29) is 22.7 Å². The zero-order valence-corrected chi connectivity index (χ0v) is 17.1. The van der Waals surface area contributed by atoms with Crippen LogP contribution in [0.4, 0.5) is 11.6 Å². The average molecular weight is 406 g/mol. The summed E-state index contributed by atoms with van der Waals surface area (Å²) in [6.45, 7) is 5.70. The predicted octanol–water partition coefficient (Wildman–Crippen LogP) is 1.89. The number of thiol groups is 1. The molecule has 2 amide bonds. The Labute approximate surface area is 169 Å². The van der Waals surface area contributed by atoms with E-state index in [1.54, 1.807) is 0 Å². The lowest BCUT2D eigenvalue weighted by atomic mass is 9.90. The molecule has 0 spiro atoms. The maximum absolute atomic E-state index is 11.7. The minimum absolute atomic E-state index is 0.0781. The number of nitrogens with one attached hydrogen (secondary N) is 3. The van der Waals surface area contributed by atoms with Crippen molar-refractivity contribution in [3.8, 4) is 0 Å². The van der Waals surface area contributed by atoms with Crippen molar-refractivity contribution in [2.75, 3.05) is 10.6 Å². The highest BCUT2D eigenvalue weighted by atomic mass is 32.1. The van der Waals surface area contributed by atoms with Gasteiger partial charge in [-0.1, -0.05) is 33.6 Å². The largest absolute Gasteiger partial charge is 0.368 e. The van der Waals surface area contributed by atoms with Crippen molar-refractivity contribution in [3.05, 3.63) is 23.0 Å². The third-order valence-corrected chi connectivity index (χ3v) is 4.51. The Morgan fingerprint density at radius 1 is 1.39 bits per heavy atom. The molecule has 0 aliphatic heterocycles. The summed E-state index contributed by atoms with van der Waals surface area (Å²) in [6, 6.07) is -0.575. The van der Waals surface area contributed by atoms with E-state index >= 15 is 0 Å². The fourth-order valence-electron chi connectivity index (χ4n) is 2.35. The smallest absolute Gasteiger partial charge is 0.271 e. The van der Waals surface area contributed by atoms with Gasteiger partial charge in [0, 0.05) is 11.1 Å². The van der Waals surface area contributed by atoms with Crippen molar-refractivity contribution >= 4 is 41.8 Å². The van der Waals surface area contributed by atoms with Crippen LogP contribution in [0.1, 0.15) is 50.5 Å². The van der Waals surface area contributed by atoms with Crippen LogP contribution in [0.15, 0.2) is 17.3 Å². The fourth-order valence-corrected chi connectivity index (χ4v) is 2.58. The van der Waals surface area contributed by atoms with E-state index in [2.05, 4.69) is 33.2 Å². The summed E-state index contributed by atoms with van der Waals surface area (Å²) in [5, 5.41) is 14.2. The van der Waals surface area contributed by atoms with E-state index in [1.807, 2.05) is 20.8 Å². The van der Waals surface area contributed by atoms with Crippen LogP contribution in [0.25, 0.3) is 0 Å². The van der Waals surface area contributed by atoms with Gasteiger partial charge in [-0.2, -0.15) is 0 Å². The Hall–Kier alpha value is -2.62. The number of nitrogens with two attached hydrogens (primary N) is 2. The molecule has 0 bridgehead atoms. The second-order valence-corrected chi connectivity index (χ2v) is 8.40. The van der Waals surface area contributed by atoms with Gasteiger partial charge in [0.05, 0.1) is 11.2 Å². The van der Waals surface area contributed by atoms with Gasteiger partial charge < -0.3 is 27.5 Å². The normalized spacial score (nSPS) is 15.6. The second-order valence-electron chi connectivity index (χ2n) is 7.91. The molecule has 1 atom stereocenters. The fraction of sp³-hybridized carbons (Fsp3) is 0.500.